The predicted molar refractivity (Wildman–Crippen MR) is 95.7 cm³/mol. The molecule has 1 aromatic heterocycles. The number of aromatic nitrogens is 2. The molecule has 23 heavy (non-hydrogen) atoms. The minimum atomic E-state index is -0.0337. The summed E-state index contributed by atoms with van der Waals surface area (Å²) in [6.07, 6.45) is 2.92. The van der Waals surface area contributed by atoms with Crippen molar-refractivity contribution in [2.45, 2.75) is 20.3 Å². The van der Waals surface area contributed by atoms with Crippen molar-refractivity contribution in [3.63, 3.8) is 0 Å². The predicted octanol–water partition coefficient (Wildman–Crippen LogP) is 1.38. The number of anilines is 1. The molecule has 1 fully saturated rings. The maximum absolute atomic E-state index is 12.7. The van der Waals surface area contributed by atoms with Crippen molar-refractivity contribution in [3.05, 3.63) is 17.5 Å². The van der Waals surface area contributed by atoms with Gasteiger partial charge in [0.15, 0.2) is 0 Å². The van der Waals surface area contributed by atoms with Gasteiger partial charge in [-0.25, -0.2) is 9.97 Å². The van der Waals surface area contributed by atoms with Crippen molar-refractivity contribution in [1.82, 2.24) is 19.8 Å². The summed E-state index contributed by atoms with van der Waals surface area (Å²) in [5.74, 6) is 1.75. The fourth-order valence-corrected chi connectivity index (χ4v) is 3.15. The van der Waals surface area contributed by atoms with E-state index in [1.165, 1.54) is 0 Å². The Hall–Kier alpha value is -1.34. The van der Waals surface area contributed by atoms with E-state index in [9.17, 15) is 4.79 Å². The average Bonchev–Trinajstić information content (AvgIpc) is 2.51. The van der Waals surface area contributed by atoms with Crippen molar-refractivity contribution in [1.29, 1.82) is 0 Å². The van der Waals surface area contributed by atoms with Gasteiger partial charge in [-0.05, 0) is 24.7 Å². The molecule has 1 aromatic rings. The van der Waals surface area contributed by atoms with Crippen molar-refractivity contribution >= 4 is 23.6 Å². The second-order valence-electron chi connectivity index (χ2n) is 6.33. The van der Waals surface area contributed by atoms with Gasteiger partial charge in [0.1, 0.15) is 5.69 Å². The zero-order valence-corrected chi connectivity index (χ0v) is 15.1. The van der Waals surface area contributed by atoms with E-state index in [0.29, 0.717) is 11.6 Å². The zero-order valence-electron chi connectivity index (χ0n) is 14.3. The lowest BCUT2D eigenvalue weighted by atomic mass is 10.1. The van der Waals surface area contributed by atoms with Gasteiger partial charge >= 0.3 is 0 Å². The quantitative estimate of drug-likeness (QED) is 0.845. The Morgan fingerprint density at radius 1 is 1.30 bits per heavy atom. The molecule has 0 saturated carbocycles. The molecule has 1 aliphatic heterocycles. The number of piperazine rings is 1. The van der Waals surface area contributed by atoms with Crippen molar-refractivity contribution in [2.24, 2.45) is 5.92 Å². The monoisotopic (exact) mass is 337 g/mol. The fraction of sp³-hybridized carbons (Fsp3) is 0.688. The first-order valence-electron chi connectivity index (χ1n) is 8.13. The first kappa shape index (κ1) is 18.0. The van der Waals surface area contributed by atoms with Crippen LogP contribution in [0.15, 0.2) is 6.07 Å². The molecule has 2 N–H and O–H groups in total. The van der Waals surface area contributed by atoms with Crippen LogP contribution < -0.4 is 5.73 Å². The van der Waals surface area contributed by atoms with Gasteiger partial charge in [-0.15, -0.1) is 0 Å². The number of hydrogen-bond donors (Lipinski definition) is 1. The van der Waals surface area contributed by atoms with Crippen LogP contribution in [0, 0.1) is 5.92 Å². The molecule has 6 nitrogen and oxygen atoms in total. The molecular weight excluding hydrogens is 310 g/mol. The van der Waals surface area contributed by atoms with Crippen LogP contribution in [0.2, 0.25) is 0 Å². The summed E-state index contributed by atoms with van der Waals surface area (Å²) < 4.78 is 0. The summed E-state index contributed by atoms with van der Waals surface area (Å²) in [6, 6.07) is 1.79. The minimum absolute atomic E-state index is 0.0337. The van der Waals surface area contributed by atoms with E-state index in [-0.39, 0.29) is 11.9 Å². The number of carbonyl (C=O) groups excluding carboxylic acids is 1. The smallest absolute Gasteiger partial charge is 0.272 e. The maximum Gasteiger partial charge on any atom is 0.272 e. The molecule has 2 rings (SSSR count). The first-order valence-corrected chi connectivity index (χ1v) is 9.53. The number of nitrogens with two attached hydrogens (primary N) is 1. The highest BCUT2D eigenvalue weighted by Gasteiger charge is 2.23. The van der Waals surface area contributed by atoms with Crippen molar-refractivity contribution < 1.29 is 4.79 Å². The van der Waals surface area contributed by atoms with E-state index in [0.717, 1.165) is 50.6 Å². The molecule has 128 valence electrons. The zero-order chi connectivity index (χ0) is 16.8. The van der Waals surface area contributed by atoms with Crippen LogP contribution in [0.4, 0.5) is 5.95 Å². The van der Waals surface area contributed by atoms with E-state index in [1.807, 2.05) is 16.7 Å². The number of thioether (sulfide) groups is 1. The third kappa shape index (κ3) is 5.35. The molecule has 1 aliphatic rings. The Morgan fingerprint density at radius 2 is 2.00 bits per heavy atom. The van der Waals surface area contributed by atoms with E-state index >= 15 is 0 Å². The van der Waals surface area contributed by atoms with Crippen molar-refractivity contribution in [3.8, 4) is 0 Å². The highest BCUT2D eigenvalue weighted by Crippen LogP contribution is 2.12. The van der Waals surface area contributed by atoms with Gasteiger partial charge in [-0.3, -0.25) is 9.69 Å². The number of amides is 1. The molecular formula is C16H27N5OS. The number of hydrogen-bond acceptors (Lipinski definition) is 6. The summed E-state index contributed by atoms with van der Waals surface area (Å²) in [6.45, 7) is 8.66. The molecule has 0 aliphatic carbocycles. The Balaban J connectivity index is 1.99. The van der Waals surface area contributed by atoms with Crippen LogP contribution in [-0.2, 0) is 6.42 Å². The summed E-state index contributed by atoms with van der Waals surface area (Å²) in [5, 5.41) is 0. The summed E-state index contributed by atoms with van der Waals surface area (Å²) in [7, 11) is 0. The average molecular weight is 337 g/mol. The topological polar surface area (TPSA) is 75.3 Å². The largest absolute Gasteiger partial charge is 0.368 e. The van der Waals surface area contributed by atoms with Crippen LogP contribution in [-0.4, -0.2) is 70.4 Å². The van der Waals surface area contributed by atoms with Crippen LogP contribution in [0.25, 0.3) is 0 Å². The van der Waals surface area contributed by atoms with Gasteiger partial charge in [-0.1, -0.05) is 13.8 Å². The van der Waals surface area contributed by atoms with Gasteiger partial charge < -0.3 is 10.6 Å². The van der Waals surface area contributed by atoms with E-state index in [2.05, 4.69) is 35.0 Å². The van der Waals surface area contributed by atoms with Gasteiger partial charge in [0.05, 0.1) is 0 Å². The van der Waals surface area contributed by atoms with Gasteiger partial charge in [-0.2, -0.15) is 11.8 Å². The van der Waals surface area contributed by atoms with Gasteiger partial charge in [0.25, 0.3) is 5.91 Å². The third-order valence-corrected chi connectivity index (χ3v) is 4.49. The first-order chi connectivity index (χ1) is 11.0. The molecule has 0 spiro atoms. The van der Waals surface area contributed by atoms with Crippen LogP contribution in [0.5, 0.6) is 0 Å². The lowest BCUT2D eigenvalue weighted by Gasteiger charge is -2.34. The SMILES string of the molecule is CSCCN1CCN(C(=O)c2cc(CC(C)C)nc(N)n2)CC1. The Labute approximate surface area is 142 Å². The van der Waals surface area contributed by atoms with Gasteiger partial charge in [0.2, 0.25) is 5.95 Å². The lowest BCUT2D eigenvalue weighted by Crippen LogP contribution is -2.49. The second kappa shape index (κ2) is 8.49. The third-order valence-electron chi connectivity index (χ3n) is 3.90. The number of nitrogen functional groups attached to an aromatic ring is 1. The summed E-state index contributed by atoms with van der Waals surface area (Å²) >= 11 is 1.85. The number of nitrogens with zero attached hydrogens (tertiary/aromatic N) is 4. The van der Waals surface area contributed by atoms with Gasteiger partial charge in [0, 0.05) is 44.2 Å². The van der Waals surface area contributed by atoms with E-state index in [4.69, 9.17) is 5.73 Å². The highest BCUT2D eigenvalue weighted by molar-refractivity contribution is 7.98. The normalized spacial score (nSPS) is 16.1. The standard InChI is InChI=1S/C16H27N5OS/c1-12(2)10-13-11-14(19-16(17)18-13)15(22)21-6-4-20(5-7-21)8-9-23-3/h11-12H,4-10H2,1-3H3,(H2,17,18,19). The molecule has 7 heteroatoms. The molecule has 0 unspecified atom stereocenters. The Kier molecular flexibility index (Phi) is 6.65. The van der Waals surface area contributed by atoms with Crippen LogP contribution >= 0.6 is 11.8 Å². The van der Waals surface area contributed by atoms with Crippen LogP contribution in [0.3, 0.4) is 0 Å². The lowest BCUT2D eigenvalue weighted by molar-refractivity contribution is 0.0638. The maximum atomic E-state index is 12.7. The Morgan fingerprint density at radius 3 is 2.61 bits per heavy atom. The Bertz CT molecular complexity index is 529. The summed E-state index contributed by atoms with van der Waals surface area (Å²) in [5.41, 5.74) is 7.04. The molecule has 0 bridgehead atoms. The molecule has 1 saturated heterocycles. The molecule has 1 amide bonds. The molecule has 0 radical (unpaired) electrons. The summed E-state index contributed by atoms with van der Waals surface area (Å²) in [4.78, 5) is 25.3. The fourth-order valence-electron chi connectivity index (χ4n) is 2.71. The molecule has 0 aromatic carbocycles. The van der Waals surface area contributed by atoms with Crippen molar-refractivity contribution in [2.75, 3.05) is 50.5 Å². The van der Waals surface area contributed by atoms with Crippen LogP contribution in [0.1, 0.15) is 30.0 Å². The number of rotatable bonds is 6. The molecule has 0 atom stereocenters. The second-order valence-corrected chi connectivity index (χ2v) is 7.31. The highest BCUT2D eigenvalue weighted by atomic mass is 32.2. The van der Waals surface area contributed by atoms with E-state index < -0.39 is 0 Å². The number of carbonyl (C=O) groups is 1. The minimum Gasteiger partial charge on any atom is -0.368 e. The van der Waals surface area contributed by atoms with E-state index in [1.54, 1.807) is 6.07 Å². The molecule has 2 heterocycles.